The molecule has 1 unspecified atom stereocenters. The number of hydrogen-bond donors (Lipinski definition) is 0. The van der Waals surface area contributed by atoms with Gasteiger partial charge in [0.15, 0.2) is 0 Å². The zero-order valence-corrected chi connectivity index (χ0v) is 8.48. The smallest absolute Gasteiger partial charge is 0.0284 e. The van der Waals surface area contributed by atoms with Crippen molar-refractivity contribution in [3.8, 4) is 0 Å². The zero-order chi connectivity index (χ0) is 10.3. The maximum Gasteiger partial charge on any atom is 0.0284 e. The van der Waals surface area contributed by atoms with Crippen LogP contribution in [0.3, 0.4) is 0 Å². The summed E-state index contributed by atoms with van der Waals surface area (Å²) in [6.07, 6.45) is 10.8. The van der Waals surface area contributed by atoms with E-state index >= 15 is 0 Å². The molecule has 0 amide bonds. The molecule has 0 aromatic heterocycles. The van der Waals surface area contributed by atoms with Gasteiger partial charge in [0.1, 0.15) is 0 Å². The van der Waals surface area contributed by atoms with E-state index in [1.807, 2.05) is 0 Å². The third kappa shape index (κ3) is 1.22. The molecule has 0 spiro atoms. The quantitative estimate of drug-likeness (QED) is 0.634. The van der Waals surface area contributed by atoms with Gasteiger partial charge in [-0.3, -0.25) is 0 Å². The van der Waals surface area contributed by atoms with E-state index in [0.717, 1.165) is 5.57 Å². The molecule has 0 fully saturated rings. The Morgan fingerprint density at radius 1 is 1.07 bits per heavy atom. The van der Waals surface area contributed by atoms with Crippen LogP contribution in [0.25, 0.3) is 6.08 Å². The molecule has 15 heavy (non-hydrogen) atoms. The Labute approximate surface area is 89.9 Å². The van der Waals surface area contributed by atoms with E-state index < -0.39 is 0 Å². The number of hydrogen-bond acceptors (Lipinski definition) is 0. The van der Waals surface area contributed by atoms with Crippen LogP contribution in [0.5, 0.6) is 0 Å². The van der Waals surface area contributed by atoms with E-state index in [2.05, 4.69) is 61.2 Å². The lowest BCUT2D eigenvalue weighted by Crippen LogP contribution is -1.97. The van der Waals surface area contributed by atoms with E-state index in [9.17, 15) is 0 Å². The summed E-state index contributed by atoms with van der Waals surface area (Å²) in [5.74, 6) is 0.406. The summed E-state index contributed by atoms with van der Waals surface area (Å²) in [4.78, 5) is 0. The molecule has 0 heteroatoms. The van der Waals surface area contributed by atoms with Crippen molar-refractivity contribution in [1.82, 2.24) is 0 Å². The highest BCUT2D eigenvalue weighted by molar-refractivity contribution is 5.68. The van der Waals surface area contributed by atoms with Gasteiger partial charge in [0.05, 0.1) is 0 Å². The van der Waals surface area contributed by atoms with Crippen molar-refractivity contribution in [3.05, 3.63) is 77.4 Å². The predicted molar refractivity (Wildman–Crippen MR) is 64.6 cm³/mol. The van der Waals surface area contributed by atoms with E-state index in [4.69, 9.17) is 0 Å². The number of benzene rings is 1. The van der Waals surface area contributed by atoms with Crippen LogP contribution in [0.4, 0.5) is 0 Å². The second-order valence-electron chi connectivity index (χ2n) is 3.97. The van der Waals surface area contributed by atoms with Gasteiger partial charge in [0.25, 0.3) is 0 Å². The Kier molecular flexibility index (Phi) is 1.75. The summed E-state index contributed by atoms with van der Waals surface area (Å²) in [5, 5.41) is 0. The minimum atomic E-state index is 0.406. The first-order valence-electron chi connectivity index (χ1n) is 5.21. The first kappa shape index (κ1) is 8.49. The highest BCUT2D eigenvalue weighted by Gasteiger charge is 2.22. The molecule has 0 saturated carbocycles. The molecular formula is C15H12. The van der Waals surface area contributed by atoms with Crippen LogP contribution < -0.4 is 0 Å². The molecule has 0 saturated heterocycles. The van der Waals surface area contributed by atoms with Gasteiger partial charge in [-0.1, -0.05) is 61.2 Å². The Hall–Kier alpha value is -1.82. The number of allylic oxidation sites excluding steroid dienone is 6. The van der Waals surface area contributed by atoms with Crippen molar-refractivity contribution in [3.63, 3.8) is 0 Å². The molecule has 0 N–H and O–H groups in total. The first-order valence-corrected chi connectivity index (χ1v) is 5.21. The van der Waals surface area contributed by atoms with Crippen molar-refractivity contribution >= 4 is 6.08 Å². The SMILES string of the molecule is C=C1C=CC=C1C1C=Cc2ccccc21. The van der Waals surface area contributed by atoms with Gasteiger partial charge >= 0.3 is 0 Å². The number of fused-ring (bicyclic) bond motifs is 1. The Morgan fingerprint density at radius 2 is 1.93 bits per heavy atom. The van der Waals surface area contributed by atoms with Crippen molar-refractivity contribution in [2.75, 3.05) is 0 Å². The molecule has 1 aromatic carbocycles. The fraction of sp³-hybridized carbons (Fsp3) is 0.0667. The molecule has 1 aromatic rings. The van der Waals surface area contributed by atoms with Crippen molar-refractivity contribution in [2.24, 2.45) is 0 Å². The Bertz CT molecular complexity index is 513. The molecule has 0 heterocycles. The molecule has 0 nitrogen and oxygen atoms in total. The largest absolute Gasteiger partial charge is 0.0915 e. The lowest BCUT2D eigenvalue weighted by Gasteiger charge is -2.13. The lowest BCUT2D eigenvalue weighted by atomic mass is 9.90. The van der Waals surface area contributed by atoms with Gasteiger partial charge in [-0.2, -0.15) is 0 Å². The van der Waals surface area contributed by atoms with Gasteiger partial charge in [-0.05, 0) is 22.3 Å². The Balaban J connectivity index is 2.05. The topological polar surface area (TPSA) is 0 Å². The van der Waals surface area contributed by atoms with Gasteiger partial charge in [0.2, 0.25) is 0 Å². The van der Waals surface area contributed by atoms with Crippen LogP contribution in [0.1, 0.15) is 17.0 Å². The van der Waals surface area contributed by atoms with E-state index in [1.165, 1.54) is 16.7 Å². The molecule has 3 rings (SSSR count). The summed E-state index contributed by atoms with van der Waals surface area (Å²) in [6.45, 7) is 4.06. The molecule has 72 valence electrons. The van der Waals surface area contributed by atoms with Crippen LogP contribution in [0, 0.1) is 0 Å². The van der Waals surface area contributed by atoms with Crippen molar-refractivity contribution in [1.29, 1.82) is 0 Å². The number of rotatable bonds is 1. The summed E-state index contributed by atoms with van der Waals surface area (Å²) < 4.78 is 0. The molecule has 0 radical (unpaired) electrons. The molecule has 1 atom stereocenters. The molecule has 0 aliphatic heterocycles. The molecule has 2 aliphatic carbocycles. The highest BCUT2D eigenvalue weighted by Crippen LogP contribution is 2.39. The summed E-state index contributed by atoms with van der Waals surface area (Å²) >= 11 is 0. The minimum absolute atomic E-state index is 0.406. The van der Waals surface area contributed by atoms with Crippen molar-refractivity contribution < 1.29 is 0 Å². The van der Waals surface area contributed by atoms with Crippen LogP contribution in [0.2, 0.25) is 0 Å². The summed E-state index contributed by atoms with van der Waals surface area (Å²) in [7, 11) is 0. The second-order valence-corrected chi connectivity index (χ2v) is 3.97. The van der Waals surface area contributed by atoms with E-state index in [-0.39, 0.29) is 0 Å². The monoisotopic (exact) mass is 192 g/mol. The fourth-order valence-corrected chi connectivity index (χ4v) is 2.30. The lowest BCUT2D eigenvalue weighted by molar-refractivity contribution is 1.04. The van der Waals surface area contributed by atoms with Crippen LogP contribution in [0.15, 0.2) is 66.3 Å². The maximum absolute atomic E-state index is 4.06. The van der Waals surface area contributed by atoms with Crippen LogP contribution in [-0.2, 0) is 0 Å². The normalized spacial score (nSPS) is 22.0. The first-order chi connectivity index (χ1) is 7.36. The molecular weight excluding hydrogens is 180 g/mol. The molecule has 2 aliphatic rings. The summed E-state index contributed by atoms with van der Waals surface area (Å²) in [6, 6.07) is 8.55. The third-order valence-corrected chi connectivity index (χ3v) is 3.08. The second kappa shape index (κ2) is 3.09. The maximum atomic E-state index is 4.06. The standard InChI is InChI=1S/C15H12/c1-11-5-4-8-13(11)15-10-9-12-6-2-3-7-14(12)15/h2-10,15H,1H2. The average Bonchev–Trinajstić information content (AvgIpc) is 2.83. The van der Waals surface area contributed by atoms with Gasteiger partial charge in [0, 0.05) is 5.92 Å². The predicted octanol–water partition coefficient (Wildman–Crippen LogP) is 3.85. The third-order valence-electron chi connectivity index (χ3n) is 3.08. The summed E-state index contributed by atoms with van der Waals surface area (Å²) in [5.41, 5.74) is 5.20. The van der Waals surface area contributed by atoms with Gasteiger partial charge in [-0.25, -0.2) is 0 Å². The van der Waals surface area contributed by atoms with Crippen LogP contribution >= 0.6 is 0 Å². The molecule has 0 bridgehead atoms. The van der Waals surface area contributed by atoms with Gasteiger partial charge < -0.3 is 0 Å². The average molecular weight is 192 g/mol. The fourth-order valence-electron chi connectivity index (χ4n) is 2.30. The van der Waals surface area contributed by atoms with Crippen LogP contribution in [-0.4, -0.2) is 0 Å². The minimum Gasteiger partial charge on any atom is -0.0915 e. The highest BCUT2D eigenvalue weighted by atomic mass is 14.3. The van der Waals surface area contributed by atoms with Gasteiger partial charge in [-0.15, -0.1) is 0 Å². The Morgan fingerprint density at radius 3 is 2.73 bits per heavy atom. The zero-order valence-electron chi connectivity index (χ0n) is 8.48. The van der Waals surface area contributed by atoms with E-state index in [0.29, 0.717) is 5.92 Å². The van der Waals surface area contributed by atoms with Crippen molar-refractivity contribution in [2.45, 2.75) is 5.92 Å². The van der Waals surface area contributed by atoms with E-state index in [1.54, 1.807) is 0 Å².